The Bertz CT molecular complexity index is 2320. The van der Waals surface area contributed by atoms with Crippen molar-refractivity contribution in [3.05, 3.63) is 136 Å². The molecule has 0 unspecified atom stereocenters. The first-order valence-electron chi connectivity index (χ1n) is 18.0. The quantitative estimate of drug-likeness (QED) is 0.0754. The van der Waals surface area contributed by atoms with Crippen LogP contribution >= 0.6 is 0 Å². The molecule has 5 N–H and O–H groups in total. The Balaban J connectivity index is 1.12. The van der Waals surface area contributed by atoms with Crippen LogP contribution in [-0.4, -0.2) is 40.7 Å². The number of rotatable bonds is 13. The van der Waals surface area contributed by atoms with Crippen LogP contribution in [0, 0.1) is 0 Å². The summed E-state index contributed by atoms with van der Waals surface area (Å²) in [5, 5.41) is 28.0. The van der Waals surface area contributed by atoms with Crippen molar-refractivity contribution in [2.45, 2.75) is 64.5 Å². The second kappa shape index (κ2) is 15.7. The number of nitrogens with zero attached hydrogens (tertiary/aromatic N) is 1. The summed E-state index contributed by atoms with van der Waals surface area (Å²) in [5.41, 5.74) is 6.66. The molecular weight excluding hydrogens is 681 g/mol. The van der Waals surface area contributed by atoms with Gasteiger partial charge >= 0.3 is 6.09 Å². The number of aromatic nitrogens is 2. The summed E-state index contributed by atoms with van der Waals surface area (Å²) >= 11 is 0. The van der Waals surface area contributed by atoms with Crippen LogP contribution in [0.5, 0.6) is 5.75 Å². The van der Waals surface area contributed by atoms with Gasteiger partial charge in [0.1, 0.15) is 5.75 Å². The van der Waals surface area contributed by atoms with Crippen molar-refractivity contribution in [2.75, 3.05) is 11.9 Å². The molecule has 274 valence electrons. The number of pyridine rings is 1. The lowest BCUT2D eigenvalue weighted by Crippen LogP contribution is -2.43. The number of hydrogen-bond donors (Lipinski definition) is 5. The lowest BCUT2D eigenvalue weighted by molar-refractivity contribution is 0.181. The minimum Gasteiger partial charge on any atom is -0.506 e. The number of fused-ring (bicyclic) bond motifs is 2. The number of allylic oxidation sites excluding steroid dienone is 1. The molecule has 6 rings (SSSR count). The standard InChI is InChI=1S/C43H48N4O5Si/c1-43(2,3)53(4,5)52-39(34-17-20-38(48)41-35(34)18-21-40(49)46-41)28-44-27-30-15-19-37-32(25-30)22-24-47(37)23-10-9-11-29-14-16-33(31-12-7-6-8-13-31)36(26-29)45-42(50)51/h6-9,11-22,24-26,39,44-45,48H,10,23,27-28H2,1-5H3,(H,46,49)(H,50,51)/t39-/m0/s1. The van der Waals surface area contributed by atoms with Crippen LogP contribution < -0.4 is 16.2 Å². The Hall–Kier alpha value is -5.42. The van der Waals surface area contributed by atoms with E-state index in [1.807, 2.05) is 60.7 Å². The fourth-order valence-electron chi connectivity index (χ4n) is 6.38. The van der Waals surface area contributed by atoms with E-state index < -0.39 is 14.4 Å². The van der Waals surface area contributed by atoms with Gasteiger partial charge in [-0.1, -0.05) is 87.5 Å². The highest BCUT2D eigenvalue weighted by Gasteiger charge is 2.39. The van der Waals surface area contributed by atoms with Crippen molar-refractivity contribution >= 4 is 48.0 Å². The normalized spacial score (nSPS) is 12.8. The lowest BCUT2D eigenvalue weighted by Gasteiger charge is -2.39. The molecule has 0 bridgehead atoms. The van der Waals surface area contributed by atoms with Crippen molar-refractivity contribution in [3.8, 4) is 16.9 Å². The molecule has 0 saturated carbocycles. The third-order valence-corrected chi connectivity index (χ3v) is 14.7. The van der Waals surface area contributed by atoms with Gasteiger partial charge in [-0.25, -0.2) is 4.79 Å². The monoisotopic (exact) mass is 728 g/mol. The van der Waals surface area contributed by atoms with Crippen molar-refractivity contribution < 1.29 is 19.4 Å². The predicted molar refractivity (Wildman–Crippen MR) is 218 cm³/mol. The molecule has 0 saturated heterocycles. The maximum atomic E-state index is 12.1. The maximum absolute atomic E-state index is 12.1. The third kappa shape index (κ3) is 8.80. The average molecular weight is 729 g/mol. The van der Waals surface area contributed by atoms with Crippen LogP contribution in [0.1, 0.15) is 50.0 Å². The molecule has 0 aliphatic heterocycles. The molecular formula is C43H48N4O5Si. The fraction of sp³-hybridized carbons (Fsp3) is 0.256. The van der Waals surface area contributed by atoms with Gasteiger partial charge in [0.05, 0.1) is 17.3 Å². The number of aromatic hydroxyl groups is 1. The van der Waals surface area contributed by atoms with Gasteiger partial charge in [-0.2, -0.15) is 0 Å². The number of hydrogen-bond acceptors (Lipinski definition) is 5. The number of phenolic OH excluding ortho intramolecular Hbond substituents is 1. The molecule has 2 aromatic heterocycles. The highest BCUT2D eigenvalue weighted by atomic mass is 28.4. The molecule has 1 amide bonds. The molecule has 2 heterocycles. The number of phenols is 1. The maximum Gasteiger partial charge on any atom is 0.409 e. The Morgan fingerprint density at radius 1 is 0.981 bits per heavy atom. The first kappa shape index (κ1) is 37.3. The van der Waals surface area contributed by atoms with Gasteiger partial charge in [0.25, 0.3) is 0 Å². The van der Waals surface area contributed by atoms with Crippen LogP contribution in [0.2, 0.25) is 18.1 Å². The van der Waals surface area contributed by atoms with Crippen LogP contribution in [-0.2, 0) is 17.5 Å². The second-order valence-electron chi connectivity index (χ2n) is 15.0. The predicted octanol–water partition coefficient (Wildman–Crippen LogP) is 9.90. The van der Waals surface area contributed by atoms with Gasteiger partial charge in [0.15, 0.2) is 8.32 Å². The molecule has 0 aliphatic carbocycles. The van der Waals surface area contributed by atoms with Gasteiger partial charge in [0, 0.05) is 48.4 Å². The molecule has 53 heavy (non-hydrogen) atoms. The Labute approximate surface area is 311 Å². The zero-order valence-electron chi connectivity index (χ0n) is 30.9. The minimum absolute atomic E-state index is 0.00261. The Kier molecular flexibility index (Phi) is 11.0. The second-order valence-corrected chi connectivity index (χ2v) is 19.7. The zero-order chi connectivity index (χ0) is 37.8. The van der Waals surface area contributed by atoms with Gasteiger partial charge in [0.2, 0.25) is 5.56 Å². The molecule has 1 atom stereocenters. The van der Waals surface area contributed by atoms with Gasteiger partial charge in [-0.05, 0) is 88.6 Å². The summed E-state index contributed by atoms with van der Waals surface area (Å²) in [7, 11) is -2.19. The van der Waals surface area contributed by atoms with E-state index in [9.17, 15) is 19.8 Å². The third-order valence-electron chi connectivity index (χ3n) is 10.2. The molecule has 9 nitrogen and oxygen atoms in total. The van der Waals surface area contributed by atoms with Crippen molar-refractivity contribution in [1.29, 1.82) is 0 Å². The number of nitrogens with one attached hydrogen (secondary N) is 3. The van der Waals surface area contributed by atoms with E-state index in [0.29, 0.717) is 24.3 Å². The number of carboxylic acid groups (broad SMARTS) is 1. The van der Waals surface area contributed by atoms with E-state index in [0.717, 1.165) is 57.1 Å². The number of aryl methyl sites for hydroxylation is 1. The van der Waals surface area contributed by atoms with Gasteiger partial charge < -0.3 is 29.5 Å². The van der Waals surface area contributed by atoms with Crippen molar-refractivity contribution in [2.24, 2.45) is 0 Å². The summed E-state index contributed by atoms with van der Waals surface area (Å²) < 4.78 is 9.21. The molecule has 0 aliphatic rings. The van der Waals surface area contributed by atoms with E-state index in [4.69, 9.17) is 4.43 Å². The van der Waals surface area contributed by atoms with E-state index >= 15 is 0 Å². The SMILES string of the molecule is CC(C)(C)[Si](C)(C)O[C@@H](CNCc1ccc2c(ccn2CCC=Cc2ccc(-c3ccccc3)c(NC(=O)O)c2)c1)c1ccc(O)c2[nH]c(=O)ccc12. The first-order chi connectivity index (χ1) is 25.3. The Morgan fingerprint density at radius 3 is 2.53 bits per heavy atom. The average Bonchev–Trinajstić information content (AvgIpc) is 3.52. The van der Waals surface area contributed by atoms with Crippen molar-refractivity contribution in [3.63, 3.8) is 0 Å². The number of amides is 1. The number of aromatic amines is 1. The molecule has 10 heteroatoms. The summed E-state index contributed by atoms with van der Waals surface area (Å²) in [4.78, 5) is 26.4. The smallest absolute Gasteiger partial charge is 0.409 e. The van der Waals surface area contributed by atoms with Gasteiger partial charge in [-0.3, -0.25) is 10.1 Å². The molecule has 0 spiro atoms. The van der Waals surface area contributed by atoms with Gasteiger partial charge in [-0.15, -0.1) is 0 Å². The molecule has 4 aromatic carbocycles. The first-order valence-corrected chi connectivity index (χ1v) is 20.9. The number of carbonyl (C=O) groups is 1. The summed E-state index contributed by atoms with van der Waals surface area (Å²) in [6.45, 7) is 13.1. The molecule has 6 aromatic rings. The summed E-state index contributed by atoms with van der Waals surface area (Å²) in [5.74, 6) is 0.0368. The van der Waals surface area contributed by atoms with Crippen LogP contribution in [0.3, 0.4) is 0 Å². The van der Waals surface area contributed by atoms with Crippen LogP contribution in [0.4, 0.5) is 10.5 Å². The molecule has 0 fully saturated rings. The minimum atomic E-state index is -2.19. The lowest BCUT2D eigenvalue weighted by atomic mass is 10.0. The van der Waals surface area contributed by atoms with Crippen LogP contribution in [0.25, 0.3) is 39.0 Å². The summed E-state index contributed by atoms with van der Waals surface area (Å²) in [6, 6.07) is 31.0. The largest absolute Gasteiger partial charge is 0.506 e. The van der Waals surface area contributed by atoms with Crippen molar-refractivity contribution in [1.82, 2.24) is 14.9 Å². The number of anilines is 1. The number of H-pyrrole nitrogens is 1. The highest BCUT2D eigenvalue weighted by Crippen LogP contribution is 2.41. The Morgan fingerprint density at radius 2 is 1.77 bits per heavy atom. The molecule has 0 radical (unpaired) electrons. The van der Waals surface area contributed by atoms with E-state index in [-0.39, 0.29) is 22.5 Å². The zero-order valence-corrected chi connectivity index (χ0v) is 31.9. The van der Waals surface area contributed by atoms with Crippen LogP contribution in [0.15, 0.2) is 114 Å². The van der Waals surface area contributed by atoms with E-state index in [1.54, 1.807) is 12.1 Å². The fourth-order valence-corrected chi connectivity index (χ4v) is 7.65. The summed E-state index contributed by atoms with van der Waals surface area (Å²) in [6.07, 6.45) is 5.68. The van der Waals surface area contributed by atoms with E-state index in [1.165, 1.54) is 6.07 Å². The van der Waals surface area contributed by atoms with E-state index in [2.05, 4.69) is 90.6 Å². The number of benzene rings is 4. The topological polar surface area (TPSA) is 129 Å². The highest BCUT2D eigenvalue weighted by molar-refractivity contribution is 6.74.